The Morgan fingerprint density at radius 1 is 1.23 bits per heavy atom. The van der Waals surface area contributed by atoms with E-state index in [-0.39, 0.29) is 17.6 Å². The SMILES string of the molecule is CCC(=O)N1Cc2ccc(-c3ccc(F)c(P)c3)cc2C1.CCCCC=NC(=N)C#N. The third kappa shape index (κ3) is 7.08. The van der Waals surface area contributed by atoms with E-state index >= 15 is 0 Å². The van der Waals surface area contributed by atoms with Crippen molar-refractivity contribution >= 4 is 32.5 Å². The number of hydrogen-bond donors (Lipinski definition) is 1. The van der Waals surface area contributed by atoms with E-state index in [1.807, 2.05) is 24.0 Å². The molecule has 7 heteroatoms. The molecule has 1 atom stereocenters. The fourth-order valence-corrected chi connectivity index (χ4v) is 3.45. The molecule has 5 nitrogen and oxygen atoms in total. The van der Waals surface area contributed by atoms with Gasteiger partial charge in [-0.15, -0.1) is 9.24 Å². The summed E-state index contributed by atoms with van der Waals surface area (Å²) in [5.74, 6) is -0.248. The van der Waals surface area contributed by atoms with Crippen molar-refractivity contribution in [3.8, 4) is 17.2 Å². The van der Waals surface area contributed by atoms with Crippen LogP contribution in [-0.2, 0) is 17.9 Å². The summed E-state index contributed by atoms with van der Waals surface area (Å²) in [6.45, 7) is 5.34. The molecule has 1 aliphatic rings. The number of benzene rings is 2. The quantitative estimate of drug-likeness (QED) is 0.309. The second-order valence-corrected chi connectivity index (χ2v) is 7.86. The second-order valence-electron chi connectivity index (χ2n) is 7.24. The molecule has 162 valence electrons. The van der Waals surface area contributed by atoms with Crippen molar-refractivity contribution in [2.75, 3.05) is 0 Å². The number of nitriles is 1. The third-order valence-electron chi connectivity index (χ3n) is 4.93. The van der Waals surface area contributed by atoms with Crippen molar-refractivity contribution in [2.45, 2.75) is 52.6 Å². The fourth-order valence-electron chi connectivity index (χ4n) is 3.18. The average Bonchev–Trinajstić information content (AvgIpc) is 3.21. The molecule has 0 radical (unpaired) electrons. The summed E-state index contributed by atoms with van der Waals surface area (Å²) >= 11 is 0. The average molecular weight is 438 g/mol. The molecule has 0 aliphatic carbocycles. The summed E-state index contributed by atoms with van der Waals surface area (Å²) in [6.07, 6.45) is 5.21. The van der Waals surface area contributed by atoms with Gasteiger partial charge in [0.15, 0.2) is 0 Å². The number of aliphatic imine (C=N–C) groups is 1. The van der Waals surface area contributed by atoms with Crippen LogP contribution in [0.1, 0.15) is 50.7 Å². The highest BCUT2D eigenvalue weighted by Gasteiger charge is 2.22. The molecule has 1 unspecified atom stereocenters. The standard InChI is InChI=1S/C17H17FNOP.C7H11N3/c1-2-17(20)19-9-13-4-3-11(7-14(13)10-19)12-5-6-15(18)16(21)8-12;1-2-3-4-5-10-7(9)6-8/h3-8H,2,9-10,21H2,1H3;5,9H,2-4H2,1H3. The number of halogens is 1. The van der Waals surface area contributed by atoms with Gasteiger partial charge >= 0.3 is 0 Å². The lowest BCUT2D eigenvalue weighted by atomic mass is 10.0. The molecule has 0 saturated heterocycles. The van der Waals surface area contributed by atoms with Gasteiger partial charge in [0, 0.05) is 31.0 Å². The highest BCUT2D eigenvalue weighted by atomic mass is 31.0. The van der Waals surface area contributed by atoms with Crippen LogP contribution in [0.4, 0.5) is 4.39 Å². The number of nitrogens with one attached hydrogen (secondary N) is 1. The third-order valence-corrected chi connectivity index (χ3v) is 5.37. The Balaban J connectivity index is 0.000000291. The molecule has 0 aromatic heterocycles. The maximum atomic E-state index is 13.3. The van der Waals surface area contributed by atoms with Crippen molar-refractivity contribution in [1.82, 2.24) is 4.90 Å². The minimum atomic E-state index is -0.218. The van der Waals surface area contributed by atoms with Gasteiger partial charge in [0.2, 0.25) is 11.7 Å². The molecule has 0 saturated carbocycles. The molecule has 1 aliphatic heterocycles. The van der Waals surface area contributed by atoms with Gasteiger partial charge in [0.1, 0.15) is 11.9 Å². The van der Waals surface area contributed by atoms with Crippen molar-refractivity contribution in [1.29, 1.82) is 10.7 Å². The number of carbonyl (C=O) groups is 1. The summed E-state index contributed by atoms with van der Waals surface area (Å²) in [6, 6.07) is 12.9. The molecule has 0 fully saturated rings. The first-order valence-electron chi connectivity index (χ1n) is 10.4. The molecular weight excluding hydrogens is 410 g/mol. The highest BCUT2D eigenvalue weighted by Crippen LogP contribution is 2.29. The monoisotopic (exact) mass is 438 g/mol. The van der Waals surface area contributed by atoms with Crippen LogP contribution >= 0.6 is 9.24 Å². The number of carbonyl (C=O) groups excluding carboxylic acids is 1. The normalized spacial score (nSPS) is 12.2. The van der Waals surface area contributed by atoms with Gasteiger partial charge < -0.3 is 4.90 Å². The minimum Gasteiger partial charge on any atom is -0.334 e. The Kier molecular flexibility index (Phi) is 9.49. The highest BCUT2D eigenvalue weighted by molar-refractivity contribution is 7.27. The van der Waals surface area contributed by atoms with E-state index in [2.05, 4.69) is 33.3 Å². The van der Waals surface area contributed by atoms with Gasteiger partial charge in [0.25, 0.3) is 0 Å². The first kappa shape index (κ1) is 24.4. The Morgan fingerprint density at radius 2 is 1.90 bits per heavy atom. The fraction of sp³-hybridized carbons (Fsp3) is 0.333. The largest absolute Gasteiger partial charge is 0.334 e. The van der Waals surface area contributed by atoms with Gasteiger partial charge in [0.05, 0.1) is 0 Å². The van der Waals surface area contributed by atoms with E-state index in [9.17, 15) is 9.18 Å². The van der Waals surface area contributed by atoms with E-state index in [0.717, 1.165) is 30.4 Å². The van der Waals surface area contributed by atoms with Crippen molar-refractivity contribution in [3.05, 3.63) is 53.3 Å². The maximum Gasteiger partial charge on any atom is 0.224 e. The Hall–Kier alpha value is -2.90. The lowest BCUT2D eigenvalue weighted by Crippen LogP contribution is -2.23. The Labute approximate surface area is 185 Å². The molecular formula is C24H28FN4OP. The molecule has 1 N–H and O–H groups in total. The second kappa shape index (κ2) is 12.1. The van der Waals surface area contributed by atoms with Crippen LogP contribution in [0.15, 0.2) is 41.4 Å². The summed E-state index contributed by atoms with van der Waals surface area (Å²) in [7, 11) is 2.41. The smallest absolute Gasteiger partial charge is 0.224 e. The Morgan fingerprint density at radius 3 is 2.55 bits per heavy atom. The lowest BCUT2D eigenvalue weighted by Gasteiger charge is -2.13. The predicted octanol–water partition coefficient (Wildman–Crippen LogP) is 4.99. The number of amides is 1. The topological polar surface area (TPSA) is 80.3 Å². The van der Waals surface area contributed by atoms with E-state index in [4.69, 9.17) is 10.7 Å². The summed E-state index contributed by atoms with van der Waals surface area (Å²) in [4.78, 5) is 17.3. The van der Waals surface area contributed by atoms with Crippen LogP contribution in [0, 0.1) is 22.6 Å². The number of hydrogen-bond acceptors (Lipinski definition) is 3. The maximum absolute atomic E-state index is 13.3. The molecule has 1 heterocycles. The molecule has 1 amide bonds. The van der Waals surface area contributed by atoms with E-state index in [1.165, 1.54) is 17.2 Å². The Bertz CT molecular complexity index is 1010. The van der Waals surface area contributed by atoms with E-state index in [0.29, 0.717) is 24.8 Å². The van der Waals surface area contributed by atoms with Gasteiger partial charge in [-0.25, -0.2) is 9.38 Å². The first-order chi connectivity index (χ1) is 14.9. The molecule has 2 aromatic carbocycles. The number of rotatable bonds is 5. The zero-order chi connectivity index (χ0) is 22.8. The predicted molar refractivity (Wildman–Crippen MR) is 127 cm³/mol. The van der Waals surface area contributed by atoms with E-state index < -0.39 is 0 Å². The lowest BCUT2D eigenvalue weighted by molar-refractivity contribution is -0.131. The number of unbranched alkanes of at least 4 members (excludes halogenated alkanes) is 2. The van der Waals surface area contributed by atoms with Crippen LogP contribution < -0.4 is 5.30 Å². The van der Waals surface area contributed by atoms with E-state index in [1.54, 1.807) is 18.4 Å². The van der Waals surface area contributed by atoms with Gasteiger partial charge in [-0.1, -0.05) is 38.5 Å². The molecule has 0 bridgehead atoms. The minimum absolute atomic E-state index is 0.182. The van der Waals surface area contributed by atoms with Crippen LogP contribution in [-0.4, -0.2) is 22.9 Å². The van der Waals surface area contributed by atoms with Crippen molar-refractivity contribution < 1.29 is 9.18 Å². The molecule has 3 rings (SSSR count). The van der Waals surface area contributed by atoms with Gasteiger partial charge in [-0.2, -0.15) is 5.26 Å². The molecule has 0 spiro atoms. The molecule has 2 aromatic rings. The summed E-state index contributed by atoms with van der Waals surface area (Å²) < 4.78 is 13.3. The zero-order valence-corrected chi connectivity index (χ0v) is 19.1. The van der Waals surface area contributed by atoms with Gasteiger partial charge in [-0.05, 0) is 53.3 Å². The number of fused-ring (bicyclic) bond motifs is 1. The zero-order valence-electron chi connectivity index (χ0n) is 18.0. The number of amidine groups is 1. The number of nitrogens with zero attached hydrogens (tertiary/aromatic N) is 3. The van der Waals surface area contributed by atoms with Crippen molar-refractivity contribution in [3.63, 3.8) is 0 Å². The van der Waals surface area contributed by atoms with Crippen LogP contribution in [0.25, 0.3) is 11.1 Å². The molecule has 31 heavy (non-hydrogen) atoms. The summed E-state index contributed by atoms with van der Waals surface area (Å²) in [5, 5.41) is 15.5. The van der Waals surface area contributed by atoms with Crippen LogP contribution in [0.2, 0.25) is 0 Å². The van der Waals surface area contributed by atoms with Crippen LogP contribution in [0.3, 0.4) is 0 Å². The summed E-state index contributed by atoms with van der Waals surface area (Å²) in [5.41, 5.74) is 4.44. The van der Waals surface area contributed by atoms with Crippen LogP contribution in [0.5, 0.6) is 0 Å². The van der Waals surface area contributed by atoms with Crippen molar-refractivity contribution in [2.24, 2.45) is 4.99 Å². The van der Waals surface area contributed by atoms with Gasteiger partial charge in [-0.3, -0.25) is 10.2 Å². The first-order valence-corrected chi connectivity index (χ1v) is 10.9.